The van der Waals surface area contributed by atoms with Crippen molar-refractivity contribution in [3.8, 4) is 0 Å². The zero-order valence-corrected chi connectivity index (χ0v) is 15.0. The predicted octanol–water partition coefficient (Wildman–Crippen LogP) is 4.00. The van der Waals surface area contributed by atoms with Crippen LogP contribution in [-0.4, -0.2) is 24.1 Å². The van der Waals surface area contributed by atoms with Crippen molar-refractivity contribution >= 4 is 33.6 Å². The van der Waals surface area contributed by atoms with Crippen molar-refractivity contribution in [3.05, 3.63) is 28.2 Å². The zero-order valence-electron chi connectivity index (χ0n) is 13.5. The van der Waals surface area contributed by atoms with E-state index in [1.54, 1.807) is 20.8 Å². The monoisotopic (exact) mass is 370 g/mol. The second-order valence-corrected chi connectivity index (χ2v) is 6.90. The molecule has 0 aliphatic rings. The molecular formula is C16H23BrN2O3. The molecule has 0 saturated heterocycles. The van der Waals surface area contributed by atoms with Crippen LogP contribution < -0.4 is 10.6 Å². The molecule has 2 amide bonds. The van der Waals surface area contributed by atoms with Crippen LogP contribution >= 0.6 is 15.9 Å². The van der Waals surface area contributed by atoms with E-state index in [0.717, 1.165) is 15.7 Å². The van der Waals surface area contributed by atoms with Gasteiger partial charge in [-0.1, -0.05) is 15.9 Å². The highest BCUT2D eigenvalue weighted by molar-refractivity contribution is 9.10. The van der Waals surface area contributed by atoms with Gasteiger partial charge in [0.1, 0.15) is 5.60 Å². The number of rotatable bonds is 5. The number of ether oxygens (including phenoxy) is 1. The number of amides is 2. The van der Waals surface area contributed by atoms with Gasteiger partial charge in [0.05, 0.1) is 0 Å². The largest absolute Gasteiger partial charge is 0.444 e. The summed E-state index contributed by atoms with van der Waals surface area (Å²) in [4.78, 5) is 23.2. The topological polar surface area (TPSA) is 67.4 Å². The third kappa shape index (κ3) is 7.45. The van der Waals surface area contributed by atoms with Crippen LogP contribution in [0.1, 0.15) is 39.2 Å². The number of nitrogens with one attached hydrogen (secondary N) is 2. The van der Waals surface area contributed by atoms with E-state index < -0.39 is 11.7 Å². The molecule has 0 aliphatic heterocycles. The Labute approximate surface area is 139 Å². The van der Waals surface area contributed by atoms with E-state index in [2.05, 4.69) is 26.6 Å². The first-order valence-corrected chi connectivity index (χ1v) is 7.99. The van der Waals surface area contributed by atoms with E-state index >= 15 is 0 Å². The van der Waals surface area contributed by atoms with E-state index in [9.17, 15) is 9.59 Å². The normalized spacial score (nSPS) is 11.0. The first kappa shape index (κ1) is 18.5. The number of hydrogen-bond acceptors (Lipinski definition) is 3. The Morgan fingerprint density at radius 1 is 1.27 bits per heavy atom. The maximum atomic E-state index is 11.8. The summed E-state index contributed by atoms with van der Waals surface area (Å²) in [5.74, 6) is -0.0762. The van der Waals surface area contributed by atoms with Gasteiger partial charge in [-0.3, -0.25) is 4.79 Å². The highest BCUT2D eigenvalue weighted by Gasteiger charge is 2.15. The molecule has 2 N–H and O–H groups in total. The average molecular weight is 371 g/mol. The molecule has 0 heterocycles. The van der Waals surface area contributed by atoms with Gasteiger partial charge in [0.2, 0.25) is 5.91 Å². The van der Waals surface area contributed by atoms with Crippen LogP contribution in [0.15, 0.2) is 22.7 Å². The fourth-order valence-electron chi connectivity index (χ4n) is 1.70. The summed E-state index contributed by atoms with van der Waals surface area (Å²) in [7, 11) is 0. The third-order valence-electron chi connectivity index (χ3n) is 2.69. The Hall–Kier alpha value is -1.56. The van der Waals surface area contributed by atoms with E-state index in [4.69, 9.17) is 4.74 Å². The Kier molecular flexibility index (Phi) is 6.87. The molecule has 0 saturated carbocycles. The molecule has 5 nitrogen and oxygen atoms in total. The van der Waals surface area contributed by atoms with Crippen molar-refractivity contribution in [1.82, 2.24) is 5.32 Å². The molecule has 0 spiro atoms. The SMILES string of the molecule is Cc1cc(NC(=O)CCCNC(=O)OC(C)(C)C)ccc1Br. The molecule has 1 aromatic carbocycles. The predicted molar refractivity (Wildman–Crippen MR) is 91.0 cm³/mol. The number of hydrogen-bond donors (Lipinski definition) is 2. The van der Waals surface area contributed by atoms with Gasteiger partial charge >= 0.3 is 6.09 Å². The Bertz CT molecular complexity index is 539. The first-order valence-electron chi connectivity index (χ1n) is 7.20. The fraction of sp³-hybridized carbons (Fsp3) is 0.500. The van der Waals surface area contributed by atoms with Gasteiger partial charge in [0, 0.05) is 23.1 Å². The number of benzene rings is 1. The number of anilines is 1. The molecule has 0 atom stereocenters. The lowest BCUT2D eigenvalue weighted by atomic mass is 10.2. The smallest absolute Gasteiger partial charge is 0.407 e. The second-order valence-electron chi connectivity index (χ2n) is 6.04. The summed E-state index contributed by atoms with van der Waals surface area (Å²) in [5, 5.41) is 5.46. The van der Waals surface area contributed by atoms with Crippen LogP contribution in [-0.2, 0) is 9.53 Å². The quantitative estimate of drug-likeness (QED) is 0.769. The van der Waals surface area contributed by atoms with Gasteiger partial charge in [0.15, 0.2) is 0 Å². The van der Waals surface area contributed by atoms with Crippen molar-refractivity contribution in [2.75, 3.05) is 11.9 Å². The highest BCUT2D eigenvalue weighted by atomic mass is 79.9. The maximum Gasteiger partial charge on any atom is 0.407 e. The molecule has 0 bridgehead atoms. The van der Waals surface area contributed by atoms with Crippen molar-refractivity contribution in [2.24, 2.45) is 0 Å². The van der Waals surface area contributed by atoms with E-state index in [1.807, 2.05) is 25.1 Å². The van der Waals surface area contributed by atoms with Crippen LogP contribution in [0.3, 0.4) is 0 Å². The number of carbonyl (C=O) groups excluding carboxylic acids is 2. The van der Waals surface area contributed by atoms with Crippen LogP contribution in [0.25, 0.3) is 0 Å². The van der Waals surface area contributed by atoms with Gasteiger partial charge in [0.25, 0.3) is 0 Å². The molecule has 0 radical (unpaired) electrons. The number of aryl methyl sites for hydroxylation is 1. The van der Waals surface area contributed by atoms with Gasteiger partial charge in [-0.25, -0.2) is 4.79 Å². The Morgan fingerprint density at radius 2 is 1.95 bits per heavy atom. The molecule has 122 valence electrons. The van der Waals surface area contributed by atoms with Crippen LogP contribution in [0, 0.1) is 6.92 Å². The molecular weight excluding hydrogens is 348 g/mol. The van der Waals surface area contributed by atoms with Gasteiger partial charge in [-0.15, -0.1) is 0 Å². The van der Waals surface area contributed by atoms with Crippen LogP contribution in [0.4, 0.5) is 10.5 Å². The molecule has 1 aromatic rings. The lowest BCUT2D eigenvalue weighted by Crippen LogP contribution is -2.33. The van der Waals surface area contributed by atoms with Crippen molar-refractivity contribution in [2.45, 2.75) is 46.1 Å². The molecule has 0 unspecified atom stereocenters. The van der Waals surface area contributed by atoms with Crippen molar-refractivity contribution < 1.29 is 14.3 Å². The molecule has 22 heavy (non-hydrogen) atoms. The van der Waals surface area contributed by atoms with Crippen LogP contribution in [0.5, 0.6) is 0 Å². The molecule has 0 fully saturated rings. The van der Waals surface area contributed by atoms with Crippen LogP contribution in [0.2, 0.25) is 0 Å². The average Bonchev–Trinajstić information content (AvgIpc) is 2.37. The van der Waals surface area contributed by atoms with E-state index in [0.29, 0.717) is 19.4 Å². The summed E-state index contributed by atoms with van der Waals surface area (Å²) in [6.07, 6.45) is 0.433. The summed E-state index contributed by atoms with van der Waals surface area (Å²) < 4.78 is 6.12. The minimum absolute atomic E-state index is 0.0762. The first-order chi connectivity index (χ1) is 10.2. The zero-order chi connectivity index (χ0) is 16.8. The van der Waals surface area contributed by atoms with E-state index in [1.165, 1.54) is 0 Å². The van der Waals surface area contributed by atoms with Crippen molar-refractivity contribution in [3.63, 3.8) is 0 Å². The molecule has 0 aromatic heterocycles. The minimum Gasteiger partial charge on any atom is -0.444 e. The molecule has 0 aliphatic carbocycles. The van der Waals surface area contributed by atoms with Gasteiger partial charge in [-0.05, 0) is 57.9 Å². The van der Waals surface area contributed by atoms with Gasteiger partial charge < -0.3 is 15.4 Å². The third-order valence-corrected chi connectivity index (χ3v) is 3.58. The Morgan fingerprint density at radius 3 is 2.55 bits per heavy atom. The summed E-state index contributed by atoms with van der Waals surface area (Å²) in [6, 6.07) is 5.64. The Balaban J connectivity index is 2.26. The lowest BCUT2D eigenvalue weighted by molar-refractivity contribution is -0.116. The molecule has 6 heteroatoms. The number of carbonyl (C=O) groups is 2. The summed E-state index contributed by atoms with van der Waals surface area (Å²) in [6.45, 7) is 7.78. The number of alkyl carbamates (subject to hydrolysis) is 1. The maximum absolute atomic E-state index is 11.8. The lowest BCUT2D eigenvalue weighted by Gasteiger charge is -2.19. The minimum atomic E-state index is -0.513. The number of halogens is 1. The second kappa shape index (κ2) is 8.17. The van der Waals surface area contributed by atoms with Crippen molar-refractivity contribution in [1.29, 1.82) is 0 Å². The highest BCUT2D eigenvalue weighted by Crippen LogP contribution is 2.20. The molecule has 1 rings (SSSR count). The fourth-order valence-corrected chi connectivity index (χ4v) is 1.95. The van der Waals surface area contributed by atoms with E-state index in [-0.39, 0.29) is 5.91 Å². The van der Waals surface area contributed by atoms with Gasteiger partial charge in [-0.2, -0.15) is 0 Å². The standard InChI is InChI=1S/C16H23BrN2O3/c1-11-10-12(7-8-13(11)17)19-14(20)6-5-9-18-15(21)22-16(2,3)4/h7-8,10H,5-6,9H2,1-4H3,(H,18,21)(H,19,20). The summed E-state index contributed by atoms with van der Waals surface area (Å²) >= 11 is 3.42. The summed E-state index contributed by atoms with van der Waals surface area (Å²) in [5.41, 5.74) is 1.32.